The lowest BCUT2D eigenvalue weighted by molar-refractivity contribution is -0.384. The van der Waals surface area contributed by atoms with Gasteiger partial charge in [-0.05, 0) is 37.3 Å². The SMILES string of the molecule is CCOC(=O)c1cc(C(=O)N(CC(=O)Nc2ccccc2)Cc2ccco2)cc([N+](=O)[O-])c1. The number of nitro groups is 1. The number of nitro benzene ring substituents is 1. The van der Waals surface area contributed by atoms with Crippen LogP contribution >= 0.6 is 0 Å². The van der Waals surface area contributed by atoms with Gasteiger partial charge in [-0.3, -0.25) is 19.7 Å². The number of nitrogens with zero attached hydrogens (tertiary/aromatic N) is 2. The Labute approximate surface area is 188 Å². The van der Waals surface area contributed by atoms with Gasteiger partial charge in [0, 0.05) is 23.4 Å². The molecular weight excluding hydrogens is 430 g/mol. The first-order chi connectivity index (χ1) is 15.9. The Morgan fingerprint density at radius 3 is 2.42 bits per heavy atom. The Balaban J connectivity index is 1.90. The maximum absolute atomic E-state index is 13.3. The molecule has 10 nitrogen and oxygen atoms in total. The highest BCUT2D eigenvalue weighted by Crippen LogP contribution is 2.21. The molecule has 0 aliphatic heterocycles. The number of hydrogen-bond donors (Lipinski definition) is 1. The van der Waals surface area contributed by atoms with Crippen LogP contribution in [-0.4, -0.2) is 40.8 Å². The van der Waals surface area contributed by atoms with Crippen molar-refractivity contribution in [2.24, 2.45) is 0 Å². The second-order valence-electron chi connectivity index (χ2n) is 6.90. The summed E-state index contributed by atoms with van der Waals surface area (Å²) in [4.78, 5) is 49.9. The quantitative estimate of drug-likeness (QED) is 0.298. The van der Waals surface area contributed by atoms with E-state index >= 15 is 0 Å². The minimum Gasteiger partial charge on any atom is -0.467 e. The van der Waals surface area contributed by atoms with Gasteiger partial charge in [0.25, 0.3) is 11.6 Å². The highest BCUT2D eigenvalue weighted by atomic mass is 16.6. The molecule has 2 aromatic carbocycles. The molecule has 2 amide bonds. The van der Waals surface area contributed by atoms with Gasteiger partial charge in [-0.25, -0.2) is 4.79 Å². The number of rotatable bonds is 9. The highest BCUT2D eigenvalue weighted by molar-refractivity contribution is 6.01. The molecule has 0 atom stereocenters. The van der Waals surface area contributed by atoms with Gasteiger partial charge >= 0.3 is 5.97 Å². The van der Waals surface area contributed by atoms with Crippen molar-refractivity contribution in [1.29, 1.82) is 0 Å². The second kappa shape index (κ2) is 10.7. The van der Waals surface area contributed by atoms with E-state index in [0.717, 1.165) is 12.1 Å². The fourth-order valence-electron chi connectivity index (χ4n) is 3.04. The normalized spacial score (nSPS) is 10.3. The molecule has 0 saturated carbocycles. The molecule has 0 fully saturated rings. The van der Waals surface area contributed by atoms with E-state index in [9.17, 15) is 24.5 Å². The number of hydrogen-bond acceptors (Lipinski definition) is 7. The maximum Gasteiger partial charge on any atom is 0.338 e. The fraction of sp³-hybridized carbons (Fsp3) is 0.174. The average molecular weight is 451 g/mol. The third kappa shape index (κ3) is 6.26. The zero-order valence-electron chi connectivity index (χ0n) is 17.7. The van der Waals surface area contributed by atoms with Gasteiger partial charge in [0.2, 0.25) is 5.91 Å². The molecule has 0 spiro atoms. The topological polar surface area (TPSA) is 132 Å². The number of ether oxygens (including phenoxy) is 1. The minimum absolute atomic E-state index is 0.0640. The lowest BCUT2D eigenvalue weighted by Gasteiger charge is -2.21. The fourth-order valence-corrected chi connectivity index (χ4v) is 3.04. The second-order valence-corrected chi connectivity index (χ2v) is 6.90. The summed E-state index contributed by atoms with van der Waals surface area (Å²) < 4.78 is 10.2. The summed E-state index contributed by atoms with van der Waals surface area (Å²) in [7, 11) is 0. The minimum atomic E-state index is -0.797. The molecule has 1 N–H and O–H groups in total. The van der Waals surface area contributed by atoms with Gasteiger partial charge in [-0.15, -0.1) is 0 Å². The van der Waals surface area contributed by atoms with Crippen LogP contribution in [0.3, 0.4) is 0 Å². The summed E-state index contributed by atoms with van der Waals surface area (Å²) in [6.07, 6.45) is 1.42. The number of amides is 2. The van der Waals surface area contributed by atoms with E-state index in [0.29, 0.717) is 11.4 Å². The lowest BCUT2D eigenvalue weighted by Crippen LogP contribution is -2.37. The van der Waals surface area contributed by atoms with Gasteiger partial charge in [-0.1, -0.05) is 18.2 Å². The van der Waals surface area contributed by atoms with Gasteiger partial charge in [0.05, 0.1) is 29.9 Å². The summed E-state index contributed by atoms with van der Waals surface area (Å²) in [5.74, 6) is -1.55. The Hall–Kier alpha value is -4.47. The van der Waals surface area contributed by atoms with Crippen LogP contribution in [0.4, 0.5) is 11.4 Å². The van der Waals surface area contributed by atoms with Crippen LogP contribution in [0, 0.1) is 10.1 Å². The van der Waals surface area contributed by atoms with Crippen molar-refractivity contribution in [3.63, 3.8) is 0 Å². The molecule has 33 heavy (non-hydrogen) atoms. The van der Waals surface area contributed by atoms with E-state index in [1.165, 1.54) is 17.2 Å². The Morgan fingerprint density at radius 2 is 1.79 bits per heavy atom. The number of non-ortho nitro benzene ring substituents is 1. The summed E-state index contributed by atoms with van der Waals surface area (Å²) in [6, 6.07) is 15.3. The number of benzene rings is 2. The first kappa shape index (κ1) is 23.2. The van der Waals surface area contributed by atoms with Crippen molar-refractivity contribution in [3.05, 3.63) is 93.9 Å². The van der Waals surface area contributed by atoms with E-state index in [-0.39, 0.29) is 30.8 Å². The maximum atomic E-state index is 13.3. The van der Waals surface area contributed by atoms with Crippen LogP contribution < -0.4 is 5.32 Å². The molecule has 3 rings (SSSR count). The molecule has 3 aromatic rings. The molecule has 0 radical (unpaired) electrons. The standard InChI is InChI=1S/C23H21N3O7/c1-2-32-23(29)17-11-16(12-19(13-17)26(30)31)22(28)25(14-20-9-6-10-33-20)15-21(27)24-18-7-4-3-5-8-18/h3-13H,2,14-15H2,1H3,(H,24,27). The number of carbonyl (C=O) groups excluding carboxylic acids is 3. The summed E-state index contributed by atoms with van der Waals surface area (Å²) in [6.45, 7) is 1.24. The van der Waals surface area contributed by atoms with Crippen molar-refractivity contribution in [2.45, 2.75) is 13.5 Å². The molecule has 10 heteroatoms. The van der Waals surface area contributed by atoms with Gasteiger partial charge < -0.3 is 19.4 Å². The molecule has 1 heterocycles. The van der Waals surface area contributed by atoms with Crippen LogP contribution in [0.25, 0.3) is 0 Å². The van der Waals surface area contributed by atoms with E-state index in [2.05, 4.69) is 5.32 Å². The number of carbonyl (C=O) groups is 3. The summed E-state index contributed by atoms with van der Waals surface area (Å²) in [5, 5.41) is 14.1. The van der Waals surface area contributed by atoms with Crippen molar-refractivity contribution in [1.82, 2.24) is 4.90 Å². The molecule has 0 saturated heterocycles. The molecule has 1 aromatic heterocycles. The monoisotopic (exact) mass is 451 g/mol. The van der Waals surface area contributed by atoms with Crippen molar-refractivity contribution >= 4 is 29.2 Å². The number of furan rings is 1. The number of para-hydroxylation sites is 1. The lowest BCUT2D eigenvalue weighted by atomic mass is 10.1. The number of anilines is 1. The third-order valence-electron chi connectivity index (χ3n) is 4.49. The first-order valence-electron chi connectivity index (χ1n) is 10.0. The first-order valence-corrected chi connectivity index (χ1v) is 10.0. The van der Waals surface area contributed by atoms with E-state index < -0.39 is 28.4 Å². The van der Waals surface area contributed by atoms with Crippen molar-refractivity contribution in [2.75, 3.05) is 18.5 Å². The molecule has 0 aliphatic rings. The number of esters is 1. The Bertz CT molecular complexity index is 1140. The van der Waals surface area contributed by atoms with E-state index in [1.807, 2.05) is 0 Å². The van der Waals surface area contributed by atoms with Crippen LogP contribution in [0.5, 0.6) is 0 Å². The van der Waals surface area contributed by atoms with Gasteiger partial charge in [-0.2, -0.15) is 0 Å². The van der Waals surface area contributed by atoms with Crippen molar-refractivity contribution < 1.29 is 28.5 Å². The van der Waals surface area contributed by atoms with Crippen molar-refractivity contribution in [3.8, 4) is 0 Å². The summed E-state index contributed by atoms with van der Waals surface area (Å²) in [5.41, 5.74) is -0.171. The molecule has 0 bridgehead atoms. The summed E-state index contributed by atoms with van der Waals surface area (Å²) >= 11 is 0. The predicted octanol–water partition coefficient (Wildman–Crippen LogP) is 3.65. The average Bonchev–Trinajstić information content (AvgIpc) is 3.31. The van der Waals surface area contributed by atoms with Gasteiger partial charge in [0.1, 0.15) is 12.3 Å². The molecule has 170 valence electrons. The third-order valence-corrected chi connectivity index (χ3v) is 4.49. The molecular formula is C23H21N3O7. The Kier molecular flexibility index (Phi) is 7.53. The zero-order valence-corrected chi connectivity index (χ0v) is 17.7. The van der Waals surface area contributed by atoms with Crippen LogP contribution in [0.15, 0.2) is 71.3 Å². The Morgan fingerprint density at radius 1 is 1.06 bits per heavy atom. The largest absolute Gasteiger partial charge is 0.467 e. The van der Waals surface area contributed by atoms with E-state index in [4.69, 9.17) is 9.15 Å². The van der Waals surface area contributed by atoms with Crippen LogP contribution in [0.2, 0.25) is 0 Å². The van der Waals surface area contributed by atoms with Crippen LogP contribution in [0.1, 0.15) is 33.4 Å². The van der Waals surface area contributed by atoms with Gasteiger partial charge in [0.15, 0.2) is 0 Å². The van der Waals surface area contributed by atoms with E-state index in [1.54, 1.807) is 49.4 Å². The number of nitrogens with one attached hydrogen (secondary N) is 1. The predicted molar refractivity (Wildman–Crippen MR) is 118 cm³/mol. The zero-order chi connectivity index (χ0) is 23.8. The molecule has 0 unspecified atom stereocenters. The molecule has 0 aliphatic carbocycles. The smallest absolute Gasteiger partial charge is 0.338 e. The van der Waals surface area contributed by atoms with Crippen LogP contribution in [-0.2, 0) is 16.1 Å². The highest BCUT2D eigenvalue weighted by Gasteiger charge is 2.24.